The Morgan fingerprint density at radius 1 is 1.41 bits per heavy atom. The minimum absolute atomic E-state index is 0.0101. The summed E-state index contributed by atoms with van der Waals surface area (Å²) in [5, 5.41) is 3.21. The first-order chi connectivity index (χ1) is 8.00. The van der Waals surface area contributed by atoms with E-state index in [9.17, 15) is 9.18 Å². The van der Waals surface area contributed by atoms with E-state index in [-0.39, 0.29) is 10.9 Å². The molecule has 1 amide bonds. The fourth-order valence-electron chi connectivity index (χ4n) is 1.71. The maximum absolute atomic E-state index is 13.1. The molecule has 0 spiro atoms. The van der Waals surface area contributed by atoms with Crippen molar-refractivity contribution in [3.63, 3.8) is 0 Å². The maximum Gasteiger partial charge on any atom is 0.249 e. The Balaban J connectivity index is 2.41. The number of benzene rings is 1. The number of carbonyl (C=O) groups excluding carboxylic acids is 1. The van der Waals surface area contributed by atoms with Crippen molar-refractivity contribution in [3.05, 3.63) is 40.8 Å². The molecule has 3 nitrogen and oxygen atoms in total. The van der Waals surface area contributed by atoms with Crippen LogP contribution in [0.25, 0.3) is 0 Å². The van der Waals surface area contributed by atoms with Crippen LogP contribution < -0.4 is 5.01 Å². The molecule has 0 N–H and O–H groups in total. The smallest absolute Gasteiger partial charge is 0.249 e. The van der Waals surface area contributed by atoms with Gasteiger partial charge in [-0.15, -0.1) is 0 Å². The molecule has 0 saturated heterocycles. The van der Waals surface area contributed by atoms with Gasteiger partial charge >= 0.3 is 0 Å². The van der Waals surface area contributed by atoms with E-state index in [1.54, 1.807) is 12.1 Å². The molecule has 0 aromatic heterocycles. The minimum atomic E-state index is -0.491. The molecule has 5 heteroatoms. The lowest BCUT2D eigenvalue weighted by molar-refractivity contribution is -0.120. The Morgan fingerprint density at radius 3 is 2.76 bits per heavy atom. The molecule has 0 unspecified atom stereocenters. The number of rotatable bonds is 1. The predicted molar refractivity (Wildman–Crippen MR) is 65.0 cm³/mol. The number of carbonyl (C=O) groups is 1. The van der Waals surface area contributed by atoms with Gasteiger partial charge < -0.3 is 0 Å². The molecule has 0 bridgehead atoms. The Bertz CT molecular complexity index is 501. The Hall–Kier alpha value is -1.55. The van der Waals surface area contributed by atoms with Gasteiger partial charge in [0.15, 0.2) is 0 Å². The van der Waals surface area contributed by atoms with Crippen LogP contribution in [0.2, 0.25) is 5.02 Å². The molecule has 0 atom stereocenters. The van der Waals surface area contributed by atoms with Gasteiger partial charge in [0, 0.05) is 19.2 Å². The molecule has 17 heavy (non-hydrogen) atoms. The number of hydrogen-bond donors (Lipinski definition) is 0. The van der Waals surface area contributed by atoms with Crippen molar-refractivity contribution < 1.29 is 9.18 Å². The standard InChI is InChI=1S/C12H12ClFN2O/c1-8-3-6-12(17)16(15(8)2)9-4-5-11(14)10(13)7-9/h3-5,7H,6H2,1-2H3. The van der Waals surface area contributed by atoms with Crippen LogP contribution in [-0.2, 0) is 4.79 Å². The van der Waals surface area contributed by atoms with Crippen molar-refractivity contribution in [1.29, 1.82) is 0 Å². The quantitative estimate of drug-likeness (QED) is 0.769. The average molecular weight is 255 g/mol. The van der Waals surface area contributed by atoms with Gasteiger partial charge in [-0.3, -0.25) is 9.80 Å². The summed E-state index contributed by atoms with van der Waals surface area (Å²) in [7, 11) is 1.78. The maximum atomic E-state index is 13.1. The molecule has 0 fully saturated rings. The van der Waals surface area contributed by atoms with Crippen LogP contribution in [0.15, 0.2) is 30.0 Å². The van der Waals surface area contributed by atoms with Crippen LogP contribution in [0, 0.1) is 5.82 Å². The summed E-state index contributed by atoms with van der Waals surface area (Å²) >= 11 is 5.72. The summed E-state index contributed by atoms with van der Waals surface area (Å²) in [5.74, 6) is -0.560. The fraction of sp³-hybridized carbons (Fsp3) is 0.250. The van der Waals surface area contributed by atoms with E-state index >= 15 is 0 Å². The molecule has 90 valence electrons. The summed E-state index contributed by atoms with van der Waals surface area (Å²) in [5.41, 5.74) is 1.53. The van der Waals surface area contributed by atoms with Crippen molar-refractivity contribution in [2.45, 2.75) is 13.3 Å². The third kappa shape index (κ3) is 2.13. The molecule has 1 aliphatic heterocycles. The molecule has 1 aromatic carbocycles. The fourth-order valence-corrected chi connectivity index (χ4v) is 1.89. The second kappa shape index (κ2) is 4.37. The van der Waals surface area contributed by atoms with Gasteiger partial charge in [0.25, 0.3) is 0 Å². The zero-order valence-electron chi connectivity index (χ0n) is 9.58. The van der Waals surface area contributed by atoms with Crippen LogP contribution in [0.5, 0.6) is 0 Å². The number of hydrogen-bond acceptors (Lipinski definition) is 2. The lowest BCUT2D eigenvalue weighted by atomic mass is 10.2. The number of amides is 1. The lowest BCUT2D eigenvalue weighted by Gasteiger charge is -2.36. The first-order valence-electron chi connectivity index (χ1n) is 5.19. The van der Waals surface area contributed by atoms with Crippen LogP contribution >= 0.6 is 11.6 Å². The van der Waals surface area contributed by atoms with Gasteiger partial charge in [-0.05, 0) is 25.1 Å². The number of halogens is 2. The van der Waals surface area contributed by atoms with Gasteiger partial charge in [-0.25, -0.2) is 9.40 Å². The van der Waals surface area contributed by atoms with Gasteiger partial charge in [0.2, 0.25) is 5.91 Å². The van der Waals surface area contributed by atoms with Crippen LogP contribution in [-0.4, -0.2) is 18.0 Å². The topological polar surface area (TPSA) is 23.6 Å². The zero-order chi connectivity index (χ0) is 12.6. The first kappa shape index (κ1) is 11.9. The van der Waals surface area contributed by atoms with E-state index in [2.05, 4.69) is 0 Å². The number of hydrazine groups is 1. The molecular weight excluding hydrogens is 243 g/mol. The number of allylic oxidation sites excluding steroid dienone is 1. The summed E-state index contributed by atoms with van der Waals surface area (Å²) in [6, 6.07) is 4.24. The lowest BCUT2D eigenvalue weighted by Crippen LogP contribution is -2.45. The van der Waals surface area contributed by atoms with Gasteiger partial charge in [-0.2, -0.15) is 0 Å². The summed E-state index contributed by atoms with van der Waals surface area (Å²) in [6.45, 7) is 1.91. The molecule has 0 aliphatic carbocycles. The second-order valence-electron chi connectivity index (χ2n) is 3.88. The van der Waals surface area contributed by atoms with Crippen LogP contribution in [0.3, 0.4) is 0 Å². The van der Waals surface area contributed by atoms with E-state index in [4.69, 9.17) is 11.6 Å². The normalized spacial score (nSPS) is 16.2. The second-order valence-corrected chi connectivity index (χ2v) is 4.28. The molecule has 1 aliphatic rings. The third-order valence-electron chi connectivity index (χ3n) is 2.77. The van der Waals surface area contributed by atoms with E-state index < -0.39 is 5.82 Å². The Kier molecular flexibility index (Phi) is 3.07. The number of anilines is 1. The highest BCUT2D eigenvalue weighted by Crippen LogP contribution is 2.27. The van der Waals surface area contributed by atoms with Crippen LogP contribution in [0.1, 0.15) is 13.3 Å². The summed E-state index contributed by atoms with van der Waals surface area (Å²) in [6.07, 6.45) is 2.19. The zero-order valence-corrected chi connectivity index (χ0v) is 10.3. The van der Waals surface area contributed by atoms with E-state index in [1.807, 2.05) is 13.0 Å². The molecule has 1 aromatic rings. The number of nitrogens with zero attached hydrogens (tertiary/aromatic N) is 2. The Morgan fingerprint density at radius 2 is 2.12 bits per heavy atom. The van der Waals surface area contributed by atoms with Gasteiger partial charge in [0.05, 0.1) is 10.7 Å². The molecule has 0 radical (unpaired) electrons. The van der Waals surface area contributed by atoms with Crippen molar-refractivity contribution in [2.75, 3.05) is 12.1 Å². The molecule has 2 rings (SSSR count). The van der Waals surface area contributed by atoms with Crippen molar-refractivity contribution in [2.24, 2.45) is 0 Å². The highest BCUT2D eigenvalue weighted by molar-refractivity contribution is 6.31. The predicted octanol–water partition coefficient (Wildman–Crippen LogP) is 2.97. The van der Waals surface area contributed by atoms with E-state index in [1.165, 1.54) is 23.2 Å². The van der Waals surface area contributed by atoms with E-state index in [0.29, 0.717) is 12.1 Å². The Labute approximate surface area is 104 Å². The highest BCUT2D eigenvalue weighted by Gasteiger charge is 2.24. The van der Waals surface area contributed by atoms with Crippen molar-refractivity contribution >= 4 is 23.2 Å². The van der Waals surface area contributed by atoms with Gasteiger partial charge in [-0.1, -0.05) is 17.7 Å². The molecule has 1 heterocycles. The highest BCUT2D eigenvalue weighted by atomic mass is 35.5. The third-order valence-corrected chi connectivity index (χ3v) is 3.06. The summed E-state index contributed by atoms with van der Waals surface area (Å²) < 4.78 is 13.1. The first-order valence-corrected chi connectivity index (χ1v) is 5.57. The summed E-state index contributed by atoms with van der Waals surface area (Å²) in [4.78, 5) is 11.8. The molecular formula is C12H12ClFN2O. The van der Waals surface area contributed by atoms with Crippen molar-refractivity contribution in [3.8, 4) is 0 Å². The SMILES string of the molecule is CC1=CCC(=O)N(c2ccc(F)c(Cl)c2)N1C. The largest absolute Gasteiger partial charge is 0.286 e. The van der Waals surface area contributed by atoms with Gasteiger partial charge in [0.1, 0.15) is 5.82 Å². The monoisotopic (exact) mass is 254 g/mol. The average Bonchev–Trinajstić information content (AvgIpc) is 2.29. The van der Waals surface area contributed by atoms with E-state index in [0.717, 1.165) is 5.70 Å². The minimum Gasteiger partial charge on any atom is -0.286 e. The molecule has 0 saturated carbocycles. The van der Waals surface area contributed by atoms with Crippen molar-refractivity contribution in [1.82, 2.24) is 5.01 Å². The van der Waals surface area contributed by atoms with Crippen LogP contribution in [0.4, 0.5) is 10.1 Å².